The smallest absolute Gasteiger partial charge is 0.266 e. The van der Waals surface area contributed by atoms with Gasteiger partial charge in [0.05, 0.1) is 24.1 Å². The van der Waals surface area contributed by atoms with E-state index in [-0.39, 0.29) is 10.6 Å². The van der Waals surface area contributed by atoms with E-state index in [2.05, 4.69) is 17.9 Å². The molecule has 1 N–H and O–H groups in total. The number of ether oxygens (including phenoxy) is 1. The number of nitrogens with one attached hydrogen (secondary N) is 1. The van der Waals surface area contributed by atoms with E-state index in [0.717, 1.165) is 0 Å². The molecule has 1 aliphatic rings. The van der Waals surface area contributed by atoms with Crippen molar-refractivity contribution in [3.63, 3.8) is 0 Å². The number of amides is 1. The van der Waals surface area contributed by atoms with Crippen LogP contribution >= 0.6 is 12.6 Å². The lowest BCUT2D eigenvalue weighted by molar-refractivity contribution is -0.118. The predicted octanol–water partition coefficient (Wildman–Crippen LogP) is 2.59. The molecule has 1 atom stereocenters. The molecular weight excluding hydrogens is 314 g/mol. The largest absolute Gasteiger partial charge is 0.495 e. The molecule has 1 aromatic heterocycles. The van der Waals surface area contributed by atoms with E-state index in [1.165, 1.54) is 6.26 Å². The number of carbonyl (C=O) groups excluding carboxylic acids is 1. The van der Waals surface area contributed by atoms with Crippen LogP contribution in [-0.4, -0.2) is 13.0 Å². The minimum atomic E-state index is -0.626. The fraction of sp³-hybridized carbons (Fsp3) is 0.125. The zero-order valence-corrected chi connectivity index (χ0v) is 13.1. The summed E-state index contributed by atoms with van der Waals surface area (Å²) < 4.78 is 10.8. The highest BCUT2D eigenvalue weighted by Crippen LogP contribution is 2.40. The number of benzene rings is 1. The number of anilines is 1. The van der Waals surface area contributed by atoms with Crippen LogP contribution in [0.25, 0.3) is 0 Å². The van der Waals surface area contributed by atoms with Crippen LogP contribution in [0.3, 0.4) is 0 Å². The maximum absolute atomic E-state index is 12.1. The monoisotopic (exact) mass is 327 g/mol. The van der Waals surface area contributed by atoms with Gasteiger partial charge in [0.25, 0.3) is 5.91 Å². The van der Waals surface area contributed by atoms with Crippen molar-refractivity contribution < 1.29 is 13.9 Å². The van der Waals surface area contributed by atoms with Crippen molar-refractivity contribution in [3.05, 3.63) is 59.0 Å². The quantitative estimate of drug-likeness (QED) is 0.847. The van der Waals surface area contributed by atoms with Gasteiger partial charge in [0.2, 0.25) is 0 Å². The van der Waals surface area contributed by atoms with Gasteiger partial charge in [-0.2, -0.15) is 5.26 Å². The molecule has 0 aliphatic carbocycles. The first-order valence-corrected chi connectivity index (χ1v) is 7.22. The number of methoxy groups -OCH3 is 1. The lowest BCUT2D eigenvalue weighted by atomic mass is 10.1. The lowest BCUT2D eigenvalue weighted by Crippen LogP contribution is -2.46. The highest BCUT2D eigenvalue weighted by Gasteiger charge is 2.36. The van der Waals surface area contributed by atoms with Crippen molar-refractivity contribution in [2.45, 2.75) is 6.17 Å². The third-order valence-electron chi connectivity index (χ3n) is 3.47. The first kappa shape index (κ1) is 15.1. The third-order valence-corrected chi connectivity index (χ3v) is 3.91. The van der Waals surface area contributed by atoms with Gasteiger partial charge in [0.15, 0.2) is 6.17 Å². The molecule has 0 saturated carbocycles. The van der Waals surface area contributed by atoms with E-state index in [9.17, 15) is 10.1 Å². The standard InChI is InChI=1S/C16H13N3O3S/c1-21-12-6-3-2-5-11(12)19-14(13-7-4-8-22-13)18-15(20)10(9-17)16(19)23/h2-8,14,23H,1H3,(H,18,20). The van der Waals surface area contributed by atoms with Gasteiger partial charge >= 0.3 is 0 Å². The summed E-state index contributed by atoms with van der Waals surface area (Å²) in [6.07, 6.45) is 0.891. The van der Waals surface area contributed by atoms with Gasteiger partial charge in [-0.1, -0.05) is 12.1 Å². The number of nitriles is 1. The molecule has 0 fully saturated rings. The molecule has 2 heterocycles. The summed E-state index contributed by atoms with van der Waals surface area (Å²) in [5.41, 5.74) is 0.594. The van der Waals surface area contributed by atoms with E-state index in [0.29, 0.717) is 17.2 Å². The van der Waals surface area contributed by atoms with Gasteiger partial charge in [-0.25, -0.2) is 0 Å². The number of hydrogen-bond donors (Lipinski definition) is 2. The average molecular weight is 327 g/mol. The molecule has 1 aromatic carbocycles. The van der Waals surface area contributed by atoms with Crippen molar-refractivity contribution >= 4 is 24.2 Å². The molecule has 0 saturated heterocycles. The van der Waals surface area contributed by atoms with Crippen LogP contribution in [0.15, 0.2) is 57.7 Å². The SMILES string of the molecule is COc1ccccc1N1C(S)=C(C#N)C(=O)NC1c1ccco1. The Bertz CT molecular complexity index is 808. The maximum Gasteiger partial charge on any atom is 0.266 e. The highest BCUT2D eigenvalue weighted by atomic mass is 32.1. The van der Waals surface area contributed by atoms with Gasteiger partial charge in [0.1, 0.15) is 23.2 Å². The lowest BCUT2D eigenvalue weighted by Gasteiger charge is -2.37. The normalized spacial score (nSPS) is 17.7. The average Bonchev–Trinajstić information content (AvgIpc) is 3.09. The number of rotatable bonds is 3. The molecule has 1 unspecified atom stereocenters. The summed E-state index contributed by atoms with van der Waals surface area (Å²) in [6, 6.07) is 12.6. The second-order valence-corrected chi connectivity index (χ2v) is 5.17. The zero-order chi connectivity index (χ0) is 16.4. The molecule has 0 radical (unpaired) electrons. The third kappa shape index (κ3) is 2.53. The minimum absolute atomic E-state index is 0.0676. The number of carbonyl (C=O) groups is 1. The Morgan fingerprint density at radius 1 is 1.35 bits per heavy atom. The van der Waals surface area contributed by atoms with E-state index >= 15 is 0 Å². The first-order valence-electron chi connectivity index (χ1n) is 6.77. The van der Waals surface area contributed by atoms with Gasteiger partial charge in [0, 0.05) is 0 Å². The predicted molar refractivity (Wildman–Crippen MR) is 86.7 cm³/mol. The summed E-state index contributed by atoms with van der Waals surface area (Å²) in [4.78, 5) is 13.8. The number of thiol groups is 1. The second kappa shape index (κ2) is 6.10. The van der Waals surface area contributed by atoms with Gasteiger partial charge in [-0.15, -0.1) is 12.6 Å². The highest BCUT2D eigenvalue weighted by molar-refractivity contribution is 7.84. The van der Waals surface area contributed by atoms with Gasteiger partial charge < -0.3 is 19.4 Å². The topological polar surface area (TPSA) is 78.5 Å². The summed E-state index contributed by atoms with van der Waals surface area (Å²) in [5.74, 6) is 0.613. The number of para-hydroxylation sites is 2. The Balaban J connectivity index is 2.20. The van der Waals surface area contributed by atoms with Gasteiger partial charge in [-0.05, 0) is 24.3 Å². The Kier molecular flexibility index (Phi) is 4.00. The van der Waals surface area contributed by atoms with Crippen LogP contribution in [0.1, 0.15) is 11.9 Å². The summed E-state index contributed by atoms with van der Waals surface area (Å²) >= 11 is 4.40. The zero-order valence-electron chi connectivity index (χ0n) is 12.2. The van der Waals surface area contributed by atoms with E-state index in [4.69, 9.17) is 9.15 Å². The van der Waals surface area contributed by atoms with Crippen LogP contribution in [0.4, 0.5) is 5.69 Å². The molecule has 23 heavy (non-hydrogen) atoms. The van der Waals surface area contributed by atoms with Gasteiger partial charge in [-0.3, -0.25) is 4.79 Å². The Hall–Kier alpha value is -2.85. The Morgan fingerprint density at radius 3 is 2.78 bits per heavy atom. The van der Waals surface area contributed by atoms with Crippen molar-refractivity contribution in [2.75, 3.05) is 12.0 Å². The summed E-state index contributed by atoms with van der Waals surface area (Å²) in [7, 11) is 1.55. The molecule has 7 heteroatoms. The van der Waals surface area contributed by atoms with Crippen LogP contribution in [0, 0.1) is 11.3 Å². The molecule has 116 valence electrons. The molecule has 1 amide bonds. The van der Waals surface area contributed by atoms with Crippen LogP contribution in [-0.2, 0) is 4.79 Å². The maximum atomic E-state index is 12.1. The molecule has 0 bridgehead atoms. The number of nitrogens with zero attached hydrogens (tertiary/aromatic N) is 2. The van der Waals surface area contributed by atoms with Crippen LogP contribution in [0.5, 0.6) is 5.75 Å². The number of hydrogen-bond acceptors (Lipinski definition) is 6. The van der Waals surface area contributed by atoms with E-state index in [1.807, 2.05) is 24.3 Å². The fourth-order valence-corrected chi connectivity index (χ4v) is 2.81. The minimum Gasteiger partial charge on any atom is -0.495 e. The van der Waals surface area contributed by atoms with Crippen molar-refractivity contribution in [1.29, 1.82) is 5.26 Å². The second-order valence-electron chi connectivity index (χ2n) is 4.74. The van der Waals surface area contributed by atoms with E-state index < -0.39 is 12.1 Å². The van der Waals surface area contributed by atoms with Crippen molar-refractivity contribution in [2.24, 2.45) is 0 Å². The van der Waals surface area contributed by atoms with Crippen LogP contribution in [0.2, 0.25) is 0 Å². The Labute approximate surface area is 138 Å². The van der Waals surface area contributed by atoms with Crippen molar-refractivity contribution in [1.82, 2.24) is 5.32 Å². The van der Waals surface area contributed by atoms with Crippen LogP contribution < -0.4 is 15.0 Å². The van der Waals surface area contributed by atoms with Crippen molar-refractivity contribution in [3.8, 4) is 11.8 Å². The molecule has 3 rings (SSSR count). The first-order chi connectivity index (χ1) is 11.2. The molecule has 0 spiro atoms. The Morgan fingerprint density at radius 2 is 2.13 bits per heavy atom. The molecule has 6 nitrogen and oxygen atoms in total. The molecule has 2 aromatic rings. The number of furan rings is 1. The summed E-state index contributed by atoms with van der Waals surface area (Å²) in [6.45, 7) is 0. The fourth-order valence-electron chi connectivity index (χ4n) is 2.43. The molecular formula is C16H13N3O3S. The summed E-state index contributed by atoms with van der Waals surface area (Å²) in [5, 5.41) is 12.2. The molecule has 1 aliphatic heterocycles. The van der Waals surface area contributed by atoms with E-state index in [1.54, 1.807) is 30.2 Å².